The maximum absolute atomic E-state index is 12.1. The van der Waals surface area contributed by atoms with Crippen molar-refractivity contribution in [1.29, 1.82) is 0 Å². The third-order valence-electron chi connectivity index (χ3n) is 3.18. The maximum Gasteiger partial charge on any atom is 0.200 e. The Bertz CT molecular complexity index is 508. The van der Waals surface area contributed by atoms with Crippen LogP contribution in [0.15, 0.2) is 12.3 Å². The van der Waals surface area contributed by atoms with Gasteiger partial charge in [0.25, 0.3) is 0 Å². The van der Waals surface area contributed by atoms with Crippen molar-refractivity contribution in [2.24, 2.45) is 18.4 Å². The minimum absolute atomic E-state index is 0.184. The van der Waals surface area contributed by atoms with Gasteiger partial charge in [-0.25, -0.2) is 0 Å². The van der Waals surface area contributed by atoms with Crippen LogP contribution in [0.2, 0.25) is 0 Å². The van der Waals surface area contributed by atoms with Crippen LogP contribution < -0.4 is 0 Å². The molecular formula is C13H16N2O3. The van der Waals surface area contributed by atoms with Crippen molar-refractivity contribution in [1.82, 2.24) is 9.78 Å². The molecule has 1 aliphatic carbocycles. The number of aryl methyl sites for hydroxylation is 1. The Labute approximate surface area is 105 Å². The van der Waals surface area contributed by atoms with Crippen molar-refractivity contribution in [2.45, 2.75) is 26.7 Å². The van der Waals surface area contributed by atoms with Crippen LogP contribution in [-0.2, 0) is 16.6 Å². The molecule has 1 aromatic heterocycles. The van der Waals surface area contributed by atoms with Crippen LogP contribution in [0.1, 0.15) is 37.2 Å². The monoisotopic (exact) mass is 248 g/mol. The van der Waals surface area contributed by atoms with Crippen molar-refractivity contribution >= 4 is 17.3 Å². The first-order valence-corrected chi connectivity index (χ1v) is 5.89. The third-order valence-corrected chi connectivity index (χ3v) is 3.18. The zero-order valence-electron chi connectivity index (χ0n) is 10.8. The lowest BCUT2D eigenvalue weighted by Gasteiger charge is -2.30. The van der Waals surface area contributed by atoms with Gasteiger partial charge in [0.05, 0.1) is 0 Å². The van der Waals surface area contributed by atoms with E-state index in [2.05, 4.69) is 5.10 Å². The summed E-state index contributed by atoms with van der Waals surface area (Å²) in [4.78, 5) is 36.1. The van der Waals surface area contributed by atoms with Crippen LogP contribution in [0, 0.1) is 11.3 Å². The highest BCUT2D eigenvalue weighted by molar-refractivity contribution is 6.24. The van der Waals surface area contributed by atoms with Crippen molar-refractivity contribution in [3.63, 3.8) is 0 Å². The molecule has 1 aromatic rings. The standard InChI is InChI=1S/C13H16N2O3/c1-13(2)6-9(16)11(10(17)7-13)12(18)8-4-5-15(3)14-8/h4-5,11H,6-7H2,1-3H3. The van der Waals surface area contributed by atoms with E-state index in [1.165, 1.54) is 10.7 Å². The SMILES string of the molecule is Cn1ccc(C(=O)C2C(=O)CC(C)(C)CC2=O)n1. The Balaban J connectivity index is 2.26. The molecule has 0 radical (unpaired) electrons. The number of carbonyl (C=O) groups is 3. The predicted molar refractivity (Wildman–Crippen MR) is 64.1 cm³/mol. The third kappa shape index (κ3) is 2.25. The zero-order chi connectivity index (χ0) is 13.5. The van der Waals surface area contributed by atoms with E-state index in [0.717, 1.165) is 0 Å². The molecule has 0 aromatic carbocycles. The molecule has 2 rings (SSSR count). The quantitative estimate of drug-likeness (QED) is 0.582. The summed E-state index contributed by atoms with van der Waals surface area (Å²) in [6.07, 6.45) is 2.15. The molecule has 0 spiro atoms. The summed E-state index contributed by atoms with van der Waals surface area (Å²) in [5, 5.41) is 3.95. The number of Topliss-reactive ketones (excluding diaryl/α,β-unsaturated/α-hetero) is 3. The molecule has 1 aliphatic rings. The fourth-order valence-corrected chi connectivity index (χ4v) is 2.38. The number of nitrogens with zero attached hydrogens (tertiary/aromatic N) is 2. The van der Waals surface area contributed by atoms with E-state index in [1.807, 2.05) is 13.8 Å². The average molecular weight is 248 g/mol. The Morgan fingerprint density at radius 1 is 1.33 bits per heavy atom. The van der Waals surface area contributed by atoms with Gasteiger partial charge in [0, 0.05) is 26.1 Å². The van der Waals surface area contributed by atoms with Gasteiger partial charge in [-0.1, -0.05) is 13.8 Å². The number of hydrogen-bond acceptors (Lipinski definition) is 4. The summed E-state index contributed by atoms with van der Waals surface area (Å²) in [6, 6.07) is 1.53. The smallest absolute Gasteiger partial charge is 0.200 e. The van der Waals surface area contributed by atoms with Crippen molar-refractivity contribution in [3.05, 3.63) is 18.0 Å². The average Bonchev–Trinajstić information content (AvgIpc) is 2.61. The van der Waals surface area contributed by atoms with Gasteiger partial charge < -0.3 is 0 Å². The predicted octanol–water partition coefficient (Wildman–Crippen LogP) is 1.18. The van der Waals surface area contributed by atoms with Gasteiger partial charge in [-0.15, -0.1) is 0 Å². The van der Waals surface area contributed by atoms with E-state index >= 15 is 0 Å². The highest BCUT2D eigenvalue weighted by Gasteiger charge is 2.44. The minimum Gasteiger partial charge on any atom is -0.298 e. The summed E-state index contributed by atoms with van der Waals surface area (Å²) < 4.78 is 1.48. The lowest BCUT2D eigenvalue weighted by Crippen LogP contribution is -2.42. The molecule has 96 valence electrons. The molecular weight excluding hydrogens is 232 g/mol. The number of aromatic nitrogens is 2. The van der Waals surface area contributed by atoms with Gasteiger partial charge >= 0.3 is 0 Å². The van der Waals surface area contributed by atoms with Gasteiger partial charge in [-0.05, 0) is 11.5 Å². The topological polar surface area (TPSA) is 69.0 Å². The van der Waals surface area contributed by atoms with Gasteiger partial charge in [0.2, 0.25) is 5.78 Å². The van der Waals surface area contributed by atoms with E-state index in [9.17, 15) is 14.4 Å². The van der Waals surface area contributed by atoms with Crippen LogP contribution in [0.4, 0.5) is 0 Å². The summed E-state index contributed by atoms with van der Waals surface area (Å²) in [5.41, 5.74) is -0.154. The molecule has 0 N–H and O–H groups in total. The first kappa shape index (κ1) is 12.7. The highest BCUT2D eigenvalue weighted by Crippen LogP contribution is 2.34. The molecule has 18 heavy (non-hydrogen) atoms. The van der Waals surface area contributed by atoms with Crippen molar-refractivity contribution in [3.8, 4) is 0 Å². The first-order valence-electron chi connectivity index (χ1n) is 5.89. The molecule has 0 saturated heterocycles. The second-order valence-electron chi connectivity index (χ2n) is 5.62. The molecule has 0 aliphatic heterocycles. The fourth-order valence-electron chi connectivity index (χ4n) is 2.38. The van der Waals surface area contributed by atoms with Crippen molar-refractivity contribution < 1.29 is 14.4 Å². The maximum atomic E-state index is 12.1. The number of ketones is 3. The van der Waals surface area contributed by atoms with E-state index in [4.69, 9.17) is 0 Å². The van der Waals surface area contributed by atoms with Gasteiger partial charge in [-0.3, -0.25) is 19.1 Å². The summed E-state index contributed by atoms with van der Waals surface area (Å²) in [6.45, 7) is 3.73. The second kappa shape index (κ2) is 4.15. The summed E-state index contributed by atoms with van der Waals surface area (Å²) in [5.74, 6) is -2.19. The Hall–Kier alpha value is -1.78. The zero-order valence-corrected chi connectivity index (χ0v) is 10.8. The van der Waals surface area contributed by atoms with Gasteiger partial charge in [0.1, 0.15) is 11.6 Å². The van der Waals surface area contributed by atoms with Crippen LogP contribution in [0.25, 0.3) is 0 Å². The van der Waals surface area contributed by atoms with E-state index in [-0.39, 0.29) is 35.5 Å². The normalized spacial score (nSPS) is 20.2. The van der Waals surface area contributed by atoms with Crippen LogP contribution in [0.3, 0.4) is 0 Å². The molecule has 5 heteroatoms. The van der Waals surface area contributed by atoms with Gasteiger partial charge in [0.15, 0.2) is 11.6 Å². The first-order chi connectivity index (χ1) is 8.30. The van der Waals surface area contributed by atoms with Crippen molar-refractivity contribution in [2.75, 3.05) is 0 Å². The molecule has 0 unspecified atom stereocenters. The van der Waals surface area contributed by atoms with Crippen LogP contribution in [-0.4, -0.2) is 27.1 Å². The Morgan fingerprint density at radius 3 is 2.33 bits per heavy atom. The number of rotatable bonds is 2. The van der Waals surface area contributed by atoms with E-state index < -0.39 is 11.7 Å². The van der Waals surface area contributed by atoms with E-state index in [0.29, 0.717) is 0 Å². The lowest BCUT2D eigenvalue weighted by molar-refractivity contribution is -0.137. The van der Waals surface area contributed by atoms with E-state index in [1.54, 1.807) is 13.2 Å². The van der Waals surface area contributed by atoms with Crippen LogP contribution >= 0.6 is 0 Å². The van der Waals surface area contributed by atoms with Crippen LogP contribution in [0.5, 0.6) is 0 Å². The molecule has 5 nitrogen and oxygen atoms in total. The molecule has 1 heterocycles. The Kier molecular flexibility index (Phi) is 2.92. The fraction of sp³-hybridized carbons (Fsp3) is 0.538. The molecule has 0 amide bonds. The summed E-state index contributed by atoms with van der Waals surface area (Å²) in [7, 11) is 1.68. The molecule has 0 bridgehead atoms. The number of carbonyl (C=O) groups excluding carboxylic acids is 3. The van der Waals surface area contributed by atoms with Gasteiger partial charge in [-0.2, -0.15) is 5.10 Å². The number of hydrogen-bond donors (Lipinski definition) is 0. The Morgan fingerprint density at radius 2 is 1.89 bits per heavy atom. The molecule has 1 saturated carbocycles. The molecule has 1 fully saturated rings. The minimum atomic E-state index is -1.15. The largest absolute Gasteiger partial charge is 0.298 e. The molecule has 0 atom stereocenters. The second-order valence-corrected chi connectivity index (χ2v) is 5.62. The highest BCUT2D eigenvalue weighted by atomic mass is 16.2. The summed E-state index contributed by atoms with van der Waals surface area (Å²) >= 11 is 0. The lowest BCUT2D eigenvalue weighted by atomic mass is 9.70.